The van der Waals surface area contributed by atoms with E-state index >= 15 is 0 Å². The van der Waals surface area contributed by atoms with Crippen LogP contribution in [0.25, 0.3) is 0 Å². The number of anilines is 1. The molecule has 0 aromatic heterocycles. The Balaban J connectivity index is 2.23. The molecular formula is C18H14Cl2N2O3. The number of para-hydroxylation sites is 2. The molecule has 0 saturated carbocycles. The highest BCUT2D eigenvalue weighted by Gasteiger charge is 2.11. The number of halogens is 2. The van der Waals surface area contributed by atoms with Crippen LogP contribution < -0.4 is 10.1 Å². The molecule has 0 heterocycles. The first-order chi connectivity index (χ1) is 12.0. The zero-order valence-corrected chi connectivity index (χ0v) is 14.8. The van der Waals surface area contributed by atoms with E-state index in [-0.39, 0.29) is 12.2 Å². The smallest absolute Gasteiger partial charge is 0.350 e. The summed E-state index contributed by atoms with van der Waals surface area (Å²) in [6, 6.07) is 13.7. The lowest BCUT2D eigenvalue weighted by Crippen LogP contribution is -2.08. The van der Waals surface area contributed by atoms with Gasteiger partial charge in [-0.15, -0.1) is 0 Å². The predicted molar refractivity (Wildman–Crippen MR) is 96.9 cm³/mol. The van der Waals surface area contributed by atoms with Crippen molar-refractivity contribution in [2.24, 2.45) is 0 Å². The van der Waals surface area contributed by atoms with Crippen molar-refractivity contribution in [1.29, 1.82) is 5.26 Å². The molecule has 0 spiro atoms. The lowest BCUT2D eigenvalue weighted by atomic mass is 10.2. The van der Waals surface area contributed by atoms with Crippen LogP contribution in [0, 0.1) is 11.3 Å². The quantitative estimate of drug-likeness (QED) is 0.427. The van der Waals surface area contributed by atoms with E-state index in [2.05, 4.69) is 5.32 Å². The topological polar surface area (TPSA) is 71.4 Å². The van der Waals surface area contributed by atoms with Gasteiger partial charge in [-0.3, -0.25) is 0 Å². The van der Waals surface area contributed by atoms with Crippen LogP contribution >= 0.6 is 23.2 Å². The van der Waals surface area contributed by atoms with Gasteiger partial charge in [-0.1, -0.05) is 35.3 Å². The Kier molecular flexibility index (Phi) is 6.70. The number of nitrogens with zero attached hydrogens (tertiary/aromatic N) is 1. The highest BCUT2D eigenvalue weighted by molar-refractivity contribution is 6.35. The SMILES string of the molecule is CCOC(=O)C(C#N)=CNc1ccccc1Oc1ccc(Cl)cc1Cl. The largest absolute Gasteiger partial charge is 0.462 e. The Morgan fingerprint density at radius 2 is 2.00 bits per heavy atom. The van der Waals surface area contributed by atoms with Crippen LogP contribution in [0.1, 0.15) is 6.92 Å². The molecule has 128 valence electrons. The molecule has 2 aromatic rings. The second-order valence-corrected chi connectivity index (χ2v) is 5.55. The normalized spacial score (nSPS) is 10.7. The third-order valence-corrected chi connectivity index (χ3v) is 3.52. The van der Waals surface area contributed by atoms with Crippen LogP contribution in [0.2, 0.25) is 10.0 Å². The van der Waals surface area contributed by atoms with E-state index in [0.29, 0.717) is 27.2 Å². The number of carbonyl (C=O) groups is 1. The van der Waals surface area contributed by atoms with E-state index in [0.717, 1.165) is 0 Å². The van der Waals surface area contributed by atoms with E-state index in [1.165, 1.54) is 6.20 Å². The molecule has 0 bridgehead atoms. The van der Waals surface area contributed by atoms with Crippen LogP contribution in [0.3, 0.4) is 0 Å². The van der Waals surface area contributed by atoms with Gasteiger partial charge in [0.25, 0.3) is 0 Å². The van der Waals surface area contributed by atoms with Gasteiger partial charge in [-0.25, -0.2) is 4.79 Å². The van der Waals surface area contributed by atoms with Crippen molar-refractivity contribution in [3.63, 3.8) is 0 Å². The minimum absolute atomic E-state index is 0.152. The molecule has 0 saturated heterocycles. The first kappa shape index (κ1) is 18.7. The summed E-state index contributed by atoms with van der Waals surface area (Å²) in [6.07, 6.45) is 1.27. The summed E-state index contributed by atoms with van der Waals surface area (Å²) >= 11 is 12.0. The Morgan fingerprint density at radius 1 is 1.24 bits per heavy atom. The molecule has 0 fully saturated rings. The number of benzene rings is 2. The van der Waals surface area contributed by atoms with E-state index in [4.69, 9.17) is 37.9 Å². The average Bonchev–Trinajstić information content (AvgIpc) is 2.59. The van der Waals surface area contributed by atoms with Gasteiger partial charge in [0.2, 0.25) is 0 Å². The van der Waals surface area contributed by atoms with E-state index in [1.54, 1.807) is 55.5 Å². The summed E-state index contributed by atoms with van der Waals surface area (Å²) in [4.78, 5) is 11.6. The lowest BCUT2D eigenvalue weighted by molar-refractivity contribution is -0.138. The highest BCUT2D eigenvalue weighted by atomic mass is 35.5. The van der Waals surface area contributed by atoms with Crippen molar-refractivity contribution in [3.8, 4) is 17.6 Å². The first-order valence-corrected chi connectivity index (χ1v) is 8.06. The number of ether oxygens (including phenoxy) is 2. The summed E-state index contributed by atoms with van der Waals surface area (Å²) in [5.41, 5.74) is 0.395. The number of carbonyl (C=O) groups excluding carboxylic acids is 1. The molecule has 1 N–H and O–H groups in total. The molecule has 2 aromatic carbocycles. The third-order valence-electron chi connectivity index (χ3n) is 2.99. The van der Waals surface area contributed by atoms with Crippen molar-refractivity contribution < 1.29 is 14.3 Å². The molecule has 0 aliphatic rings. The average molecular weight is 377 g/mol. The fraction of sp³-hybridized carbons (Fsp3) is 0.111. The predicted octanol–water partition coefficient (Wildman–Crippen LogP) is 5.17. The van der Waals surface area contributed by atoms with E-state index in [1.807, 2.05) is 0 Å². The second kappa shape index (κ2) is 8.97. The Morgan fingerprint density at radius 3 is 2.68 bits per heavy atom. The van der Waals surface area contributed by atoms with Gasteiger partial charge in [0.05, 0.1) is 17.3 Å². The van der Waals surface area contributed by atoms with Crippen LogP contribution in [0.4, 0.5) is 5.69 Å². The number of rotatable bonds is 6. The third kappa shape index (κ3) is 5.15. The van der Waals surface area contributed by atoms with Gasteiger partial charge < -0.3 is 14.8 Å². The van der Waals surface area contributed by atoms with Crippen molar-refractivity contribution in [3.05, 3.63) is 64.3 Å². The molecule has 0 amide bonds. The molecular weight excluding hydrogens is 363 g/mol. The molecule has 7 heteroatoms. The summed E-state index contributed by atoms with van der Waals surface area (Å²) in [5.74, 6) is 0.191. The molecule has 2 rings (SSSR count). The zero-order valence-electron chi connectivity index (χ0n) is 13.3. The molecule has 0 aliphatic carbocycles. The highest BCUT2D eigenvalue weighted by Crippen LogP contribution is 2.35. The van der Waals surface area contributed by atoms with Gasteiger partial charge in [0, 0.05) is 11.2 Å². The van der Waals surface area contributed by atoms with Gasteiger partial charge in [-0.2, -0.15) is 5.26 Å². The Hall–Kier alpha value is -2.68. The van der Waals surface area contributed by atoms with Crippen LogP contribution in [0.15, 0.2) is 54.2 Å². The molecule has 0 unspecified atom stereocenters. The lowest BCUT2D eigenvalue weighted by Gasteiger charge is -2.12. The second-order valence-electron chi connectivity index (χ2n) is 4.71. The molecule has 5 nitrogen and oxygen atoms in total. The maximum absolute atomic E-state index is 11.6. The minimum atomic E-state index is -0.698. The van der Waals surface area contributed by atoms with Gasteiger partial charge in [0.1, 0.15) is 11.8 Å². The number of hydrogen-bond donors (Lipinski definition) is 1. The van der Waals surface area contributed by atoms with Crippen molar-refractivity contribution in [2.75, 3.05) is 11.9 Å². The monoisotopic (exact) mass is 376 g/mol. The minimum Gasteiger partial charge on any atom is -0.462 e. The molecule has 0 aliphatic heterocycles. The summed E-state index contributed by atoms with van der Waals surface area (Å²) in [7, 11) is 0. The maximum atomic E-state index is 11.6. The standard InChI is InChI=1S/C18H14Cl2N2O3/c1-2-24-18(23)12(10-21)11-22-15-5-3-4-6-17(15)25-16-8-7-13(19)9-14(16)20/h3-9,11,22H,2H2,1H3. The Bertz CT molecular complexity index is 844. The van der Waals surface area contributed by atoms with Crippen LogP contribution in [-0.4, -0.2) is 12.6 Å². The summed E-state index contributed by atoms with van der Waals surface area (Å²) in [6.45, 7) is 1.85. The number of nitrogens with one attached hydrogen (secondary N) is 1. The fourth-order valence-corrected chi connectivity index (χ4v) is 2.29. The van der Waals surface area contributed by atoms with Gasteiger partial charge >= 0.3 is 5.97 Å². The number of nitriles is 1. The van der Waals surface area contributed by atoms with Crippen LogP contribution in [0.5, 0.6) is 11.5 Å². The summed E-state index contributed by atoms with van der Waals surface area (Å²) < 4.78 is 10.6. The van der Waals surface area contributed by atoms with Gasteiger partial charge in [-0.05, 0) is 37.3 Å². The molecule has 25 heavy (non-hydrogen) atoms. The van der Waals surface area contributed by atoms with Gasteiger partial charge in [0.15, 0.2) is 11.3 Å². The first-order valence-electron chi connectivity index (χ1n) is 7.31. The zero-order chi connectivity index (χ0) is 18.2. The molecule has 0 radical (unpaired) electrons. The number of hydrogen-bond acceptors (Lipinski definition) is 5. The summed E-state index contributed by atoms with van der Waals surface area (Å²) in [5, 5.41) is 12.8. The Labute approximate surface area is 155 Å². The van der Waals surface area contributed by atoms with Crippen molar-refractivity contribution in [1.82, 2.24) is 0 Å². The van der Waals surface area contributed by atoms with Crippen molar-refractivity contribution >= 4 is 34.9 Å². The maximum Gasteiger partial charge on any atom is 0.350 e. The molecule has 0 atom stereocenters. The number of esters is 1. The van der Waals surface area contributed by atoms with E-state index in [9.17, 15) is 4.79 Å². The van der Waals surface area contributed by atoms with E-state index < -0.39 is 5.97 Å². The van der Waals surface area contributed by atoms with Crippen molar-refractivity contribution in [2.45, 2.75) is 6.92 Å². The fourth-order valence-electron chi connectivity index (χ4n) is 1.85. The van der Waals surface area contributed by atoms with Crippen LogP contribution in [-0.2, 0) is 9.53 Å².